The summed E-state index contributed by atoms with van der Waals surface area (Å²) in [5.41, 5.74) is 0.570. The molecule has 0 atom stereocenters. The number of hydrogen-bond donors (Lipinski definition) is 2. The smallest absolute Gasteiger partial charge is 0.257 e. The molecule has 1 aromatic rings. The maximum absolute atomic E-state index is 12.1. The van der Waals surface area contributed by atoms with Crippen LogP contribution in [0.15, 0.2) is 24.3 Å². The molecule has 4 nitrogen and oxygen atoms in total. The summed E-state index contributed by atoms with van der Waals surface area (Å²) in [6.45, 7) is 5.73. The van der Waals surface area contributed by atoms with Gasteiger partial charge in [-0.1, -0.05) is 39.5 Å². The van der Waals surface area contributed by atoms with Crippen LogP contribution in [0.25, 0.3) is 0 Å². The average Bonchev–Trinajstić information content (AvgIpc) is 2.56. The lowest BCUT2D eigenvalue weighted by Crippen LogP contribution is -2.39. The van der Waals surface area contributed by atoms with E-state index in [-0.39, 0.29) is 5.91 Å². The number of carbonyl (C=O) groups excluding carboxylic acids is 1. The summed E-state index contributed by atoms with van der Waals surface area (Å²) in [4.78, 5) is 12.1. The quantitative estimate of drug-likeness (QED) is 0.500. The van der Waals surface area contributed by atoms with Gasteiger partial charge >= 0.3 is 0 Å². The molecule has 23 heavy (non-hydrogen) atoms. The molecule has 0 spiro atoms. The predicted molar refractivity (Wildman–Crippen MR) is 99.1 cm³/mol. The fourth-order valence-electron chi connectivity index (χ4n) is 2.07. The lowest BCUT2D eigenvalue weighted by Gasteiger charge is -2.10. The molecule has 0 aliphatic heterocycles. The molecule has 5 heteroatoms. The molecule has 0 aliphatic carbocycles. The normalized spacial score (nSPS) is 10.2. The van der Waals surface area contributed by atoms with Crippen molar-refractivity contribution >= 4 is 23.2 Å². The fourth-order valence-corrected chi connectivity index (χ4v) is 2.27. The van der Waals surface area contributed by atoms with E-state index in [0.717, 1.165) is 25.1 Å². The van der Waals surface area contributed by atoms with Crippen molar-refractivity contribution in [1.82, 2.24) is 10.6 Å². The van der Waals surface area contributed by atoms with E-state index in [0.29, 0.717) is 17.3 Å². The summed E-state index contributed by atoms with van der Waals surface area (Å²) < 4.78 is 5.49. The minimum atomic E-state index is -0.199. The van der Waals surface area contributed by atoms with Gasteiger partial charge in [0, 0.05) is 12.1 Å². The monoisotopic (exact) mass is 336 g/mol. The first-order valence-corrected chi connectivity index (χ1v) is 8.90. The maximum Gasteiger partial charge on any atom is 0.257 e. The number of nitrogens with one attached hydrogen (secondary N) is 2. The van der Waals surface area contributed by atoms with E-state index >= 15 is 0 Å². The topological polar surface area (TPSA) is 50.4 Å². The molecule has 0 aromatic heterocycles. The summed E-state index contributed by atoms with van der Waals surface area (Å²) in [6, 6.07) is 7.09. The molecular weight excluding hydrogens is 308 g/mol. The van der Waals surface area contributed by atoms with Crippen LogP contribution in [0.4, 0.5) is 0 Å². The highest BCUT2D eigenvalue weighted by Crippen LogP contribution is 2.12. The number of benzene rings is 1. The summed E-state index contributed by atoms with van der Waals surface area (Å²) in [7, 11) is 0. The molecule has 128 valence electrons. The maximum atomic E-state index is 12.1. The van der Waals surface area contributed by atoms with Gasteiger partial charge in [-0.15, -0.1) is 0 Å². The zero-order valence-electron chi connectivity index (χ0n) is 14.2. The van der Waals surface area contributed by atoms with Crippen LogP contribution < -0.4 is 15.4 Å². The fraction of sp³-hybridized carbons (Fsp3) is 0.556. The number of carbonyl (C=O) groups is 1. The van der Waals surface area contributed by atoms with Gasteiger partial charge in [0.25, 0.3) is 5.91 Å². The number of ether oxygens (including phenoxy) is 1. The summed E-state index contributed by atoms with van der Waals surface area (Å²) in [6.07, 6.45) is 6.99. The SMILES string of the molecule is CCCCCCCNC(=S)NC(=O)c1ccc(OCCC)cc1. The number of hydrogen-bond acceptors (Lipinski definition) is 3. The Morgan fingerprint density at radius 3 is 2.39 bits per heavy atom. The largest absolute Gasteiger partial charge is 0.494 e. The highest BCUT2D eigenvalue weighted by Gasteiger charge is 2.07. The zero-order valence-corrected chi connectivity index (χ0v) is 15.0. The first-order valence-electron chi connectivity index (χ1n) is 8.49. The minimum absolute atomic E-state index is 0.199. The zero-order chi connectivity index (χ0) is 16.9. The van der Waals surface area contributed by atoms with Gasteiger partial charge in [-0.25, -0.2) is 0 Å². The summed E-state index contributed by atoms with van der Waals surface area (Å²) >= 11 is 5.15. The van der Waals surface area contributed by atoms with Gasteiger partial charge in [-0.05, 0) is 49.3 Å². The number of unbranched alkanes of at least 4 members (excludes halogenated alkanes) is 4. The van der Waals surface area contributed by atoms with Crippen molar-refractivity contribution in [3.63, 3.8) is 0 Å². The van der Waals surface area contributed by atoms with Crippen LogP contribution in [0.5, 0.6) is 5.75 Å². The van der Waals surface area contributed by atoms with Crippen molar-refractivity contribution in [1.29, 1.82) is 0 Å². The molecule has 0 unspecified atom stereocenters. The number of thiocarbonyl (C=S) groups is 1. The van der Waals surface area contributed by atoms with Crippen LogP contribution >= 0.6 is 12.2 Å². The number of amides is 1. The van der Waals surface area contributed by atoms with E-state index in [2.05, 4.69) is 24.5 Å². The number of rotatable bonds is 10. The molecule has 0 saturated carbocycles. The van der Waals surface area contributed by atoms with Crippen molar-refractivity contribution in [2.24, 2.45) is 0 Å². The van der Waals surface area contributed by atoms with Crippen LogP contribution in [0.1, 0.15) is 62.7 Å². The van der Waals surface area contributed by atoms with Crippen LogP contribution in [0.2, 0.25) is 0 Å². The molecule has 0 aliphatic rings. The lowest BCUT2D eigenvalue weighted by molar-refractivity contribution is 0.0976. The Hall–Kier alpha value is -1.62. The van der Waals surface area contributed by atoms with Crippen molar-refractivity contribution in [2.75, 3.05) is 13.2 Å². The molecule has 1 amide bonds. The van der Waals surface area contributed by atoms with Gasteiger partial charge in [0.2, 0.25) is 0 Å². The van der Waals surface area contributed by atoms with Crippen molar-refractivity contribution in [3.05, 3.63) is 29.8 Å². The van der Waals surface area contributed by atoms with E-state index in [1.165, 1.54) is 25.7 Å². The van der Waals surface area contributed by atoms with Gasteiger partial charge < -0.3 is 10.1 Å². The summed E-state index contributed by atoms with van der Waals surface area (Å²) in [5, 5.41) is 6.16. The van der Waals surface area contributed by atoms with Crippen LogP contribution in [0.3, 0.4) is 0 Å². The van der Waals surface area contributed by atoms with Gasteiger partial charge in [0.05, 0.1) is 6.61 Å². The Labute approximate surface area is 145 Å². The molecule has 0 heterocycles. The lowest BCUT2D eigenvalue weighted by atomic mass is 10.1. The molecule has 0 fully saturated rings. The van der Waals surface area contributed by atoms with Crippen LogP contribution in [-0.4, -0.2) is 24.2 Å². The third-order valence-electron chi connectivity index (χ3n) is 3.38. The highest BCUT2D eigenvalue weighted by molar-refractivity contribution is 7.80. The Bertz CT molecular complexity index is 474. The highest BCUT2D eigenvalue weighted by atomic mass is 32.1. The van der Waals surface area contributed by atoms with Gasteiger partial charge in [0.15, 0.2) is 5.11 Å². The molecule has 1 rings (SSSR count). The van der Waals surface area contributed by atoms with E-state index in [9.17, 15) is 4.79 Å². The van der Waals surface area contributed by atoms with Gasteiger partial charge in [-0.3, -0.25) is 10.1 Å². The first-order chi connectivity index (χ1) is 11.2. The second-order valence-electron chi connectivity index (χ2n) is 5.50. The van der Waals surface area contributed by atoms with Gasteiger partial charge in [-0.2, -0.15) is 0 Å². The van der Waals surface area contributed by atoms with Gasteiger partial charge in [0.1, 0.15) is 5.75 Å². The van der Waals surface area contributed by atoms with Crippen LogP contribution in [-0.2, 0) is 0 Å². The molecular formula is C18H28N2O2S. The Morgan fingerprint density at radius 2 is 1.74 bits per heavy atom. The Kier molecular flexibility index (Phi) is 10.0. The van der Waals surface area contributed by atoms with E-state index < -0.39 is 0 Å². The molecule has 2 N–H and O–H groups in total. The third kappa shape index (κ3) is 8.55. The van der Waals surface area contributed by atoms with Crippen molar-refractivity contribution in [3.8, 4) is 5.75 Å². The standard InChI is InChI=1S/C18H28N2O2S/c1-3-5-6-7-8-13-19-18(23)20-17(21)15-9-11-16(12-10-15)22-14-4-2/h9-12H,3-8,13-14H2,1-2H3,(H2,19,20,21,23). The third-order valence-corrected chi connectivity index (χ3v) is 3.63. The van der Waals surface area contributed by atoms with Crippen molar-refractivity contribution in [2.45, 2.75) is 52.4 Å². The average molecular weight is 337 g/mol. The van der Waals surface area contributed by atoms with E-state index in [4.69, 9.17) is 17.0 Å². The molecule has 0 radical (unpaired) electrons. The first kappa shape index (κ1) is 19.4. The second kappa shape index (κ2) is 11.9. The predicted octanol–water partition coefficient (Wildman–Crippen LogP) is 4.05. The Balaban J connectivity index is 2.27. The van der Waals surface area contributed by atoms with Crippen molar-refractivity contribution < 1.29 is 9.53 Å². The molecule has 0 bridgehead atoms. The second-order valence-corrected chi connectivity index (χ2v) is 5.91. The molecule has 1 aromatic carbocycles. The molecule has 0 saturated heterocycles. The Morgan fingerprint density at radius 1 is 1.04 bits per heavy atom. The van der Waals surface area contributed by atoms with Crippen LogP contribution in [0, 0.1) is 0 Å². The summed E-state index contributed by atoms with van der Waals surface area (Å²) in [5.74, 6) is 0.576. The van der Waals surface area contributed by atoms with E-state index in [1.54, 1.807) is 24.3 Å². The van der Waals surface area contributed by atoms with E-state index in [1.807, 2.05) is 0 Å². The minimum Gasteiger partial charge on any atom is -0.494 e.